The smallest absolute Gasteiger partial charge is 0.238 e. The number of nitrogens with one attached hydrogen (secondary N) is 1. The molecule has 1 saturated heterocycles. The van der Waals surface area contributed by atoms with E-state index in [1.54, 1.807) is 0 Å². The molecule has 1 amide bonds. The molecule has 1 atom stereocenters. The summed E-state index contributed by atoms with van der Waals surface area (Å²) in [6.07, 6.45) is 1.16. The average molecular weight is 277 g/mol. The first-order valence-corrected chi connectivity index (χ1v) is 7.10. The van der Waals surface area contributed by atoms with Crippen LogP contribution in [0.1, 0.15) is 18.9 Å². The molecular formula is C15H23N3O2. The maximum absolute atomic E-state index is 12.1. The molecule has 1 aromatic rings. The molecule has 0 aromatic heterocycles. The van der Waals surface area contributed by atoms with E-state index in [4.69, 9.17) is 10.5 Å². The van der Waals surface area contributed by atoms with E-state index in [-0.39, 0.29) is 12.0 Å². The zero-order valence-corrected chi connectivity index (χ0v) is 12.0. The summed E-state index contributed by atoms with van der Waals surface area (Å²) >= 11 is 0. The minimum Gasteiger partial charge on any atom is -0.377 e. The van der Waals surface area contributed by atoms with E-state index in [1.807, 2.05) is 31.2 Å². The van der Waals surface area contributed by atoms with Crippen molar-refractivity contribution in [1.82, 2.24) is 4.90 Å². The van der Waals surface area contributed by atoms with Crippen molar-refractivity contribution in [2.75, 3.05) is 31.6 Å². The number of hydrogen-bond donors (Lipinski definition) is 2. The van der Waals surface area contributed by atoms with Gasteiger partial charge in [-0.2, -0.15) is 0 Å². The van der Waals surface area contributed by atoms with E-state index < -0.39 is 0 Å². The highest BCUT2D eigenvalue weighted by molar-refractivity contribution is 5.92. The number of ether oxygens (including phenoxy) is 1. The van der Waals surface area contributed by atoms with Gasteiger partial charge in [-0.05, 0) is 31.0 Å². The number of amides is 1. The van der Waals surface area contributed by atoms with Crippen LogP contribution in [0.25, 0.3) is 0 Å². The zero-order chi connectivity index (χ0) is 14.4. The third kappa shape index (κ3) is 4.59. The predicted octanol–water partition coefficient (Wildman–Crippen LogP) is 1.19. The second kappa shape index (κ2) is 7.38. The Morgan fingerprint density at radius 3 is 3.20 bits per heavy atom. The van der Waals surface area contributed by atoms with Crippen LogP contribution in [0.2, 0.25) is 0 Å². The van der Waals surface area contributed by atoms with Gasteiger partial charge in [-0.15, -0.1) is 0 Å². The Bertz CT molecular complexity index is 450. The van der Waals surface area contributed by atoms with Gasteiger partial charge in [0.15, 0.2) is 0 Å². The molecule has 0 aliphatic carbocycles. The second-order valence-corrected chi connectivity index (χ2v) is 5.22. The van der Waals surface area contributed by atoms with Crippen LogP contribution in [0.5, 0.6) is 0 Å². The van der Waals surface area contributed by atoms with Crippen LogP contribution < -0.4 is 11.1 Å². The Balaban J connectivity index is 1.87. The fourth-order valence-electron chi connectivity index (χ4n) is 2.40. The minimum atomic E-state index is 0.00766. The van der Waals surface area contributed by atoms with E-state index in [1.165, 1.54) is 0 Å². The molecule has 0 spiro atoms. The first kappa shape index (κ1) is 15.0. The summed E-state index contributed by atoms with van der Waals surface area (Å²) in [5.41, 5.74) is 7.41. The molecule has 1 unspecified atom stereocenters. The van der Waals surface area contributed by atoms with Crippen molar-refractivity contribution < 1.29 is 9.53 Å². The van der Waals surface area contributed by atoms with Gasteiger partial charge in [0, 0.05) is 31.9 Å². The van der Waals surface area contributed by atoms with E-state index in [9.17, 15) is 4.79 Å². The van der Waals surface area contributed by atoms with Gasteiger partial charge in [-0.25, -0.2) is 0 Å². The predicted molar refractivity (Wildman–Crippen MR) is 79.4 cm³/mol. The highest BCUT2D eigenvalue weighted by Crippen LogP contribution is 2.11. The molecule has 5 nitrogen and oxygen atoms in total. The van der Waals surface area contributed by atoms with Crippen LogP contribution in [0, 0.1) is 0 Å². The molecular weight excluding hydrogens is 254 g/mol. The zero-order valence-electron chi connectivity index (χ0n) is 12.0. The molecule has 0 bridgehead atoms. The topological polar surface area (TPSA) is 67.6 Å². The molecule has 1 aromatic carbocycles. The standard InChI is InChI=1S/C15H23N3O2/c1-12-10-18(6-3-7-20-12)11-15(19)17-14-5-2-4-13(8-14)9-16/h2,4-5,8,12H,3,6-7,9-11,16H2,1H3,(H,17,19). The lowest BCUT2D eigenvalue weighted by Crippen LogP contribution is -2.37. The molecule has 1 aliphatic rings. The first-order chi connectivity index (χ1) is 9.67. The van der Waals surface area contributed by atoms with E-state index >= 15 is 0 Å². The Morgan fingerprint density at radius 2 is 2.40 bits per heavy atom. The van der Waals surface area contributed by atoms with Crippen molar-refractivity contribution in [2.24, 2.45) is 5.73 Å². The van der Waals surface area contributed by atoms with Crippen LogP contribution in [0.15, 0.2) is 24.3 Å². The molecule has 5 heteroatoms. The van der Waals surface area contributed by atoms with Crippen molar-refractivity contribution in [3.63, 3.8) is 0 Å². The Morgan fingerprint density at radius 1 is 1.55 bits per heavy atom. The summed E-state index contributed by atoms with van der Waals surface area (Å²) in [5.74, 6) is 0.00766. The van der Waals surface area contributed by atoms with Gasteiger partial charge >= 0.3 is 0 Å². The molecule has 1 fully saturated rings. The average Bonchev–Trinajstić information content (AvgIpc) is 2.63. The Kier molecular flexibility index (Phi) is 5.52. The van der Waals surface area contributed by atoms with Crippen LogP contribution in [-0.4, -0.2) is 43.2 Å². The number of nitrogens with zero attached hydrogens (tertiary/aromatic N) is 1. The van der Waals surface area contributed by atoms with E-state index in [0.29, 0.717) is 13.1 Å². The van der Waals surface area contributed by atoms with Crippen LogP contribution in [0.4, 0.5) is 5.69 Å². The highest BCUT2D eigenvalue weighted by atomic mass is 16.5. The second-order valence-electron chi connectivity index (χ2n) is 5.22. The van der Waals surface area contributed by atoms with Crippen molar-refractivity contribution in [3.05, 3.63) is 29.8 Å². The summed E-state index contributed by atoms with van der Waals surface area (Å²) in [6.45, 7) is 5.40. The highest BCUT2D eigenvalue weighted by Gasteiger charge is 2.17. The van der Waals surface area contributed by atoms with Crippen molar-refractivity contribution >= 4 is 11.6 Å². The Hall–Kier alpha value is -1.43. The third-order valence-electron chi connectivity index (χ3n) is 3.35. The third-order valence-corrected chi connectivity index (χ3v) is 3.35. The van der Waals surface area contributed by atoms with Gasteiger partial charge in [-0.1, -0.05) is 12.1 Å². The fourth-order valence-corrected chi connectivity index (χ4v) is 2.40. The van der Waals surface area contributed by atoms with Gasteiger partial charge < -0.3 is 15.8 Å². The summed E-state index contributed by atoms with van der Waals surface area (Å²) in [6, 6.07) is 7.64. The van der Waals surface area contributed by atoms with Crippen molar-refractivity contribution in [1.29, 1.82) is 0 Å². The Labute approximate surface area is 120 Å². The normalized spacial score (nSPS) is 20.4. The fraction of sp³-hybridized carbons (Fsp3) is 0.533. The first-order valence-electron chi connectivity index (χ1n) is 7.10. The number of carbonyl (C=O) groups excluding carboxylic acids is 1. The lowest BCUT2D eigenvalue weighted by atomic mass is 10.2. The largest absolute Gasteiger partial charge is 0.377 e. The monoisotopic (exact) mass is 277 g/mol. The summed E-state index contributed by atoms with van der Waals surface area (Å²) < 4.78 is 5.58. The minimum absolute atomic E-state index is 0.00766. The summed E-state index contributed by atoms with van der Waals surface area (Å²) in [5, 5.41) is 2.92. The number of anilines is 1. The number of nitrogens with two attached hydrogens (primary N) is 1. The van der Waals surface area contributed by atoms with Gasteiger partial charge in [0.1, 0.15) is 0 Å². The number of rotatable bonds is 4. The van der Waals surface area contributed by atoms with Gasteiger partial charge in [0.2, 0.25) is 5.91 Å². The number of hydrogen-bond acceptors (Lipinski definition) is 4. The molecule has 1 aliphatic heterocycles. The quantitative estimate of drug-likeness (QED) is 0.867. The maximum atomic E-state index is 12.1. The van der Waals surface area contributed by atoms with Crippen LogP contribution >= 0.6 is 0 Å². The van der Waals surface area contributed by atoms with E-state index in [0.717, 1.165) is 37.4 Å². The molecule has 0 saturated carbocycles. The lowest BCUT2D eigenvalue weighted by Gasteiger charge is -2.21. The van der Waals surface area contributed by atoms with Gasteiger partial charge in [0.25, 0.3) is 0 Å². The molecule has 20 heavy (non-hydrogen) atoms. The number of benzene rings is 1. The lowest BCUT2D eigenvalue weighted by molar-refractivity contribution is -0.117. The summed E-state index contributed by atoms with van der Waals surface area (Å²) in [7, 11) is 0. The molecule has 0 radical (unpaired) electrons. The van der Waals surface area contributed by atoms with Gasteiger partial charge in [-0.3, -0.25) is 9.69 Å². The SMILES string of the molecule is CC1CN(CC(=O)Nc2cccc(CN)c2)CCCO1. The van der Waals surface area contributed by atoms with Crippen molar-refractivity contribution in [3.8, 4) is 0 Å². The van der Waals surface area contributed by atoms with Gasteiger partial charge in [0.05, 0.1) is 12.6 Å². The van der Waals surface area contributed by atoms with E-state index in [2.05, 4.69) is 10.2 Å². The maximum Gasteiger partial charge on any atom is 0.238 e. The number of carbonyl (C=O) groups is 1. The molecule has 1 heterocycles. The molecule has 3 N–H and O–H groups in total. The molecule has 110 valence electrons. The van der Waals surface area contributed by atoms with Crippen molar-refractivity contribution in [2.45, 2.75) is 26.0 Å². The van der Waals surface area contributed by atoms with Crippen LogP contribution in [-0.2, 0) is 16.1 Å². The van der Waals surface area contributed by atoms with Crippen LogP contribution in [0.3, 0.4) is 0 Å². The summed E-state index contributed by atoms with van der Waals surface area (Å²) in [4.78, 5) is 14.2. The molecule has 2 rings (SSSR count).